The van der Waals surface area contributed by atoms with Gasteiger partial charge < -0.3 is 0 Å². The molecule has 1 nitrogen and oxygen atoms in total. The Hall–Kier alpha value is -1.11. The van der Waals surface area contributed by atoms with Crippen molar-refractivity contribution in [2.45, 2.75) is 46.0 Å². The maximum atomic E-state index is 12.1. The second-order valence-electron chi connectivity index (χ2n) is 4.68. The summed E-state index contributed by atoms with van der Waals surface area (Å²) in [5, 5.41) is 0. The Balaban J connectivity index is 2.24. The van der Waals surface area contributed by atoms with Crippen molar-refractivity contribution in [3.05, 3.63) is 34.9 Å². The molecule has 86 valence electrons. The van der Waals surface area contributed by atoms with Gasteiger partial charge in [0.25, 0.3) is 0 Å². The lowest BCUT2D eigenvalue weighted by Crippen LogP contribution is -2.22. The van der Waals surface area contributed by atoms with Crippen molar-refractivity contribution < 1.29 is 4.79 Å². The van der Waals surface area contributed by atoms with Gasteiger partial charge in [-0.25, -0.2) is 0 Å². The molecule has 1 aliphatic rings. The Morgan fingerprint density at radius 3 is 2.38 bits per heavy atom. The lowest BCUT2D eigenvalue weighted by Gasteiger charge is -2.24. The first-order valence-electron chi connectivity index (χ1n) is 6.42. The summed E-state index contributed by atoms with van der Waals surface area (Å²) in [7, 11) is 0. The predicted molar refractivity (Wildman–Crippen MR) is 66.9 cm³/mol. The molecule has 0 heterocycles. The van der Waals surface area contributed by atoms with Crippen LogP contribution in [-0.2, 0) is 12.8 Å². The zero-order valence-electron chi connectivity index (χ0n) is 10.3. The third-order valence-corrected chi connectivity index (χ3v) is 3.73. The van der Waals surface area contributed by atoms with Gasteiger partial charge in [-0.1, -0.05) is 32.4 Å². The highest BCUT2D eigenvalue weighted by Crippen LogP contribution is 2.30. The summed E-state index contributed by atoms with van der Waals surface area (Å²) in [4.78, 5) is 12.1. The number of hydrogen-bond donors (Lipinski definition) is 0. The molecular weight excluding hydrogens is 196 g/mol. The molecule has 0 amide bonds. The van der Waals surface area contributed by atoms with Crippen LogP contribution in [-0.4, -0.2) is 5.78 Å². The van der Waals surface area contributed by atoms with Crippen LogP contribution in [0, 0.1) is 5.92 Å². The molecule has 0 unspecified atom stereocenters. The summed E-state index contributed by atoms with van der Waals surface area (Å²) in [6.45, 7) is 4.33. The van der Waals surface area contributed by atoms with Crippen molar-refractivity contribution in [2.75, 3.05) is 0 Å². The van der Waals surface area contributed by atoms with Crippen LogP contribution in [0.4, 0.5) is 0 Å². The van der Waals surface area contributed by atoms with E-state index in [4.69, 9.17) is 0 Å². The molecule has 0 saturated heterocycles. The average molecular weight is 216 g/mol. The summed E-state index contributed by atoms with van der Waals surface area (Å²) in [6.07, 6.45) is 5.49. The number of carbonyl (C=O) groups excluding carboxylic acids is 1. The number of rotatable bonds is 4. The normalized spacial score (nSPS) is 15.9. The predicted octanol–water partition coefficient (Wildman–Crippen LogP) is 3.79. The molecule has 0 spiro atoms. The van der Waals surface area contributed by atoms with Crippen LogP contribution in [0.3, 0.4) is 0 Å². The summed E-state index contributed by atoms with van der Waals surface area (Å²) in [5.41, 5.74) is 3.65. The lowest BCUT2D eigenvalue weighted by atomic mass is 9.79. The molecule has 1 heteroatoms. The monoisotopic (exact) mass is 216 g/mol. The van der Waals surface area contributed by atoms with Gasteiger partial charge in [0.1, 0.15) is 0 Å². The Morgan fingerprint density at radius 2 is 1.88 bits per heavy atom. The van der Waals surface area contributed by atoms with E-state index in [-0.39, 0.29) is 0 Å². The molecule has 1 fully saturated rings. The van der Waals surface area contributed by atoms with Crippen molar-refractivity contribution in [1.29, 1.82) is 0 Å². The van der Waals surface area contributed by atoms with E-state index in [0.717, 1.165) is 31.2 Å². The maximum absolute atomic E-state index is 12.1. The van der Waals surface area contributed by atoms with Crippen molar-refractivity contribution in [2.24, 2.45) is 5.92 Å². The molecule has 1 aromatic rings. The minimum atomic E-state index is 0.317. The van der Waals surface area contributed by atoms with E-state index in [1.54, 1.807) is 0 Å². The Morgan fingerprint density at radius 1 is 1.19 bits per heavy atom. The van der Waals surface area contributed by atoms with E-state index in [1.165, 1.54) is 17.5 Å². The van der Waals surface area contributed by atoms with Crippen molar-refractivity contribution >= 4 is 5.78 Å². The first-order valence-corrected chi connectivity index (χ1v) is 6.42. The second-order valence-corrected chi connectivity index (χ2v) is 4.68. The van der Waals surface area contributed by atoms with Crippen LogP contribution in [0.25, 0.3) is 0 Å². The van der Waals surface area contributed by atoms with Crippen molar-refractivity contribution in [1.82, 2.24) is 0 Å². The van der Waals surface area contributed by atoms with Crippen LogP contribution in [0.1, 0.15) is 54.6 Å². The summed E-state index contributed by atoms with van der Waals surface area (Å²) < 4.78 is 0. The molecule has 1 aromatic carbocycles. The van der Waals surface area contributed by atoms with Gasteiger partial charge in [0.2, 0.25) is 0 Å². The number of carbonyl (C=O) groups is 1. The van der Waals surface area contributed by atoms with Crippen LogP contribution in [0.2, 0.25) is 0 Å². The minimum Gasteiger partial charge on any atom is -0.294 e. The smallest absolute Gasteiger partial charge is 0.165 e. The van der Waals surface area contributed by atoms with Gasteiger partial charge in [0, 0.05) is 11.5 Å². The molecule has 0 atom stereocenters. The van der Waals surface area contributed by atoms with E-state index < -0.39 is 0 Å². The highest BCUT2D eigenvalue weighted by atomic mass is 16.1. The molecule has 1 aliphatic carbocycles. The van der Waals surface area contributed by atoms with E-state index in [1.807, 2.05) is 6.07 Å². The molecule has 0 aliphatic heterocycles. The number of aryl methyl sites for hydroxylation is 2. The number of Topliss-reactive ketones (excluding diaryl/α,β-unsaturated/α-hetero) is 1. The highest BCUT2D eigenvalue weighted by molar-refractivity contribution is 5.98. The fourth-order valence-electron chi connectivity index (χ4n) is 2.36. The van der Waals surface area contributed by atoms with E-state index in [9.17, 15) is 4.79 Å². The average Bonchev–Trinajstić information content (AvgIpc) is 2.25. The van der Waals surface area contributed by atoms with Gasteiger partial charge in [-0.15, -0.1) is 0 Å². The largest absolute Gasteiger partial charge is 0.294 e. The van der Waals surface area contributed by atoms with Gasteiger partial charge in [0.15, 0.2) is 5.78 Å². The van der Waals surface area contributed by atoms with Crippen LogP contribution in [0.15, 0.2) is 18.2 Å². The number of hydrogen-bond acceptors (Lipinski definition) is 1. The van der Waals surface area contributed by atoms with Crippen LogP contribution in [0.5, 0.6) is 0 Å². The Bertz CT molecular complexity index is 388. The van der Waals surface area contributed by atoms with E-state index >= 15 is 0 Å². The number of ketones is 1. The molecule has 0 N–H and O–H groups in total. The van der Waals surface area contributed by atoms with Gasteiger partial charge >= 0.3 is 0 Å². The van der Waals surface area contributed by atoms with Gasteiger partial charge in [0.05, 0.1) is 0 Å². The molecule has 0 bridgehead atoms. The summed E-state index contributed by atoms with van der Waals surface area (Å²) in [5.74, 6) is 0.681. The first kappa shape index (κ1) is 11.4. The fourth-order valence-corrected chi connectivity index (χ4v) is 2.36. The molecule has 0 radical (unpaired) electrons. The highest BCUT2D eigenvalue weighted by Gasteiger charge is 2.26. The third-order valence-electron chi connectivity index (χ3n) is 3.73. The topological polar surface area (TPSA) is 17.1 Å². The standard InChI is InChI=1S/C15H20O/c1-3-11-8-9-14(10-12(11)4-2)15(16)13-6-5-7-13/h8-10,13H,3-7H2,1-2H3. The van der Waals surface area contributed by atoms with E-state index in [2.05, 4.69) is 26.0 Å². The lowest BCUT2D eigenvalue weighted by molar-refractivity contribution is 0.0855. The maximum Gasteiger partial charge on any atom is 0.165 e. The van der Waals surface area contributed by atoms with Gasteiger partial charge in [-0.3, -0.25) is 4.79 Å². The quantitative estimate of drug-likeness (QED) is 0.700. The molecule has 2 rings (SSSR count). The third kappa shape index (κ3) is 2.04. The zero-order valence-corrected chi connectivity index (χ0v) is 10.3. The second kappa shape index (κ2) is 4.82. The van der Waals surface area contributed by atoms with Gasteiger partial charge in [-0.05, 0) is 42.9 Å². The number of benzene rings is 1. The van der Waals surface area contributed by atoms with Crippen molar-refractivity contribution in [3.8, 4) is 0 Å². The molecule has 0 aromatic heterocycles. The molecular formula is C15H20O. The zero-order chi connectivity index (χ0) is 11.5. The van der Waals surface area contributed by atoms with Crippen molar-refractivity contribution in [3.63, 3.8) is 0 Å². The Kier molecular flexibility index (Phi) is 3.42. The fraction of sp³-hybridized carbons (Fsp3) is 0.533. The van der Waals surface area contributed by atoms with Crippen LogP contribution >= 0.6 is 0 Å². The molecule has 16 heavy (non-hydrogen) atoms. The summed E-state index contributed by atoms with van der Waals surface area (Å²) in [6, 6.07) is 6.25. The SMILES string of the molecule is CCc1ccc(C(=O)C2CCC2)cc1CC. The minimum absolute atomic E-state index is 0.317. The van der Waals surface area contributed by atoms with Crippen LogP contribution < -0.4 is 0 Å². The first-order chi connectivity index (χ1) is 7.76. The van der Waals surface area contributed by atoms with E-state index in [0.29, 0.717) is 11.7 Å². The molecule has 1 saturated carbocycles. The Labute approximate surface area is 97.9 Å². The van der Waals surface area contributed by atoms with Gasteiger partial charge in [-0.2, -0.15) is 0 Å². The summed E-state index contributed by atoms with van der Waals surface area (Å²) >= 11 is 0.